The highest BCUT2D eigenvalue weighted by molar-refractivity contribution is 5.69. The highest BCUT2D eigenvalue weighted by atomic mass is 16.5. The van der Waals surface area contributed by atoms with Crippen molar-refractivity contribution in [1.29, 1.82) is 0 Å². The van der Waals surface area contributed by atoms with E-state index in [2.05, 4.69) is 48.5 Å². The van der Waals surface area contributed by atoms with E-state index in [1.54, 1.807) is 0 Å². The molecule has 0 spiro atoms. The lowest BCUT2D eigenvalue weighted by molar-refractivity contribution is -0.189. The Hall–Kier alpha value is -1.18. The summed E-state index contributed by atoms with van der Waals surface area (Å²) in [5.41, 5.74) is 0.827. The SMILES string of the molecule is C[C@H](CCC(=O)O[C@@H]1CC[C@@]2(C)[C@@H](C1)C[C@@H](O)[C@@H]1[C@@H]2CC[C@@]2(C)[C@H]1CC[C@]2(C)[C@H](C)CCC(=O)O)[C@H]1CC[C@H]2[C@@H]3[C@H](O)C[C@@H]4C[C@H](O)CC[C@]4(C)[C@H]3CC[C@]12C. The minimum absolute atomic E-state index is 0.0417. The molecule has 8 fully saturated rings. The van der Waals surface area contributed by atoms with Crippen LogP contribution in [0.3, 0.4) is 0 Å². The van der Waals surface area contributed by atoms with Gasteiger partial charge in [-0.15, -0.1) is 0 Å². The maximum absolute atomic E-state index is 13.6. The molecule has 0 unspecified atom stereocenters. The summed E-state index contributed by atoms with van der Waals surface area (Å²) < 4.78 is 6.32. The van der Waals surface area contributed by atoms with Crippen LogP contribution in [0.25, 0.3) is 0 Å². The van der Waals surface area contributed by atoms with Crippen LogP contribution in [0.5, 0.6) is 0 Å². The van der Waals surface area contributed by atoms with Gasteiger partial charge in [0.25, 0.3) is 0 Å². The van der Waals surface area contributed by atoms with Crippen LogP contribution in [0.4, 0.5) is 0 Å². The molecule has 8 aliphatic carbocycles. The molecule has 7 heteroatoms. The molecule has 0 aromatic rings. The summed E-state index contributed by atoms with van der Waals surface area (Å²) in [5.74, 6) is 4.17. The van der Waals surface area contributed by atoms with Gasteiger partial charge in [-0.1, -0.05) is 48.5 Å². The number of hydrogen-bond acceptors (Lipinski definition) is 6. The number of carboxylic acids is 1. The van der Waals surface area contributed by atoms with Crippen LogP contribution in [0.1, 0.15) is 177 Å². The Labute approximate surface area is 339 Å². The van der Waals surface area contributed by atoms with Crippen LogP contribution >= 0.6 is 0 Å². The van der Waals surface area contributed by atoms with E-state index in [-0.39, 0.29) is 63.9 Å². The molecule has 7 nitrogen and oxygen atoms in total. The lowest BCUT2D eigenvalue weighted by atomic mass is 9.42. The van der Waals surface area contributed by atoms with Crippen molar-refractivity contribution in [2.24, 2.45) is 92.2 Å². The largest absolute Gasteiger partial charge is 0.481 e. The Morgan fingerprint density at radius 3 is 1.88 bits per heavy atom. The minimum Gasteiger partial charge on any atom is -0.481 e. The zero-order chi connectivity index (χ0) is 40.2. The molecule has 0 amide bonds. The number of fused-ring (bicyclic) bond motifs is 10. The highest BCUT2D eigenvalue weighted by Gasteiger charge is 2.67. The van der Waals surface area contributed by atoms with Crippen LogP contribution in [0.2, 0.25) is 0 Å². The normalized spacial score (nSPS) is 53.3. The number of hydrogen-bond donors (Lipinski definition) is 4. The third kappa shape index (κ3) is 6.40. The number of esters is 1. The monoisotopic (exact) mass is 781 g/mol. The third-order valence-corrected chi connectivity index (χ3v) is 21.7. The standard InChI is InChI=1S/C49H80O7/c1-28(34-10-11-35-43-36(16-21-47(34,35)5)45(3)19-14-32(50)24-30(45)26-39(43)51)8-13-42(55)56-33-15-20-46(4)31(25-33)27-40(52)44-37(46)17-23-49(7)38(44)18-22-48(49,6)29(2)9-12-41(53)54/h28-40,43-44,50-52H,8-27H2,1-7H3,(H,53,54)/t28-,29-,30+,31+,32-,33-,34-,35+,36+,37+,38+,39-,40-,43+,44-,45+,46+,47-,48-,49+/m1/s1. The second-order valence-electron chi connectivity index (χ2n) is 23.4. The predicted octanol–water partition coefficient (Wildman–Crippen LogP) is 9.83. The first-order valence-corrected chi connectivity index (χ1v) is 23.8. The van der Waals surface area contributed by atoms with Gasteiger partial charge in [0.1, 0.15) is 6.10 Å². The molecule has 0 aromatic carbocycles. The average Bonchev–Trinajstić information content (AvgIpc) is 3.64. The van der Waals surface area contributed by atoms with E-state index in [9.17, 15) is 30.0 Å². The number of carbonyl (C=O) groups is 2. The Morgan fingerprint density at radius 1 is 0.625 bits per heavy atom. The number of carboxylic acid groups (broad SMARTS) is 1. The van der Waals surface area contributed by atoms with Crippen LogP contribution in [0, 0.1) is 92.2 Å². The Morgan fingerprint density at radius 2 is 1.20 bits per heavy atom. The van der Waals surface area contributed by atoms with Crippen molar-refractivity contribution in [3.63, 3.8) is 0 Å². The van der Waals surface area contributed by atoms with Crippen molar-refractivity contribution < 1.29 is 34.8 Å². The fourth-order valence-electron chi connectivity index (χ4n) is 18.0. The summed E-state index contributed by atoms with van der Waals surface area (Å²) in [4.78, 5) is 25.0. The Kier molecular flexibility index (Phi) is 11.0. The third-order valence-electron chi connectivity index (χ3n) is 21.7. The van der Waals surface area contributed by atoms with E-state index in [1.165, 1.54) is 25.7 Å². The van der Waals surface area contributed by atoms with Crippen LogP contribution in [-0.4, -0.2) is 56.8 Å². The molecular formula is C49H80O7. The molecule has 4 N–H and O–H groups in total. The Bertz CT molecular complexity index is 1480. The first-order chi connectivity index (χ1) is 26.4. The first kappa shape index (κ1) is 41.5. The minimum atomic E-state index is -0.702. The van der Waals surface area contributed by atoms with Crippen LogP contribution < -0.4 is 0 Å². The fourth-order valence-corrected chi connectivity index (χ4v) is 18.0. The average molecular weight is 781 g/mol. The van der Waals surface area contributed by atoms with E-state index >= 15 is 0 Å². The summed E-state index contributed by atoms with van der Waals surface area (Å²) in [6, 6.07) is 0. The van der Waals surface area contributed by atoms with Gasteiger partial charge in [0.2, 0.25) is 0 Å². The lowest BCUT2D eigenvalue weighted by Crippen LogP contribution is -2.59. The van der Waals surface area contributed by atoms with Gasteiger partial charge in [0.15, 0.2) is 0 Å². The Balaban J connectivity index is 0.852. The van der Waals surface area contributed by atoms with Crippen molar-refractivity contribution in [3.8, 4) is 0 Å². The molecule has 318 valence electrons. The van der Waals surface area contributed by atoms with E-state index in [0.717, 1.165) is 89.9 Å². The molecule has 0 heterocycles. The number of rotatable bonds is 9. The second-order valence-corrected chi connectivity index (χ2v) is 23.4. The van der Waals surface area contributed by atoms with Crippen molar-refractivity contribution in [2.75, 3.05) is 0 Å². The number of aliphatic hydroxyl groups excluding tert-OH is 3. The maximum Gasteiger partial charge on any atom is 0.306 e. The van der Waals surface area contributed by atoms with Gasteiger partial charge in [0, 0.05) is 12.8 Å². The number of aliphatic hydroxyl groups is 3. The molecule has 8 rings (SSSR count). The lowest BCUT2D eigenvalue weighted by Gasteiger charge is -2.63. The topological polar surface area (TPSA) is 124 Å². The number of carbonyl (C=O) groups excluding carboxylic acids is 1. The van der Waals surface area contributed by atoms with Gasteiger partial charge in [-0.2, -0.15) is 0 Å². The summed E-state index contributed by atoms with van der Waals surface area (Å²) >= 11 is 0. The molecular weight excluding hydrogens is 701 g/mol. The van der Waals surface area contributed by atoms with Gasteiger partial charge in [-0.05, 0) is 208 Å². The van der Waals surface area contributed by atoms with Crippen molar-refractivity contribution in [2.45, 2.75) is 201 Å². The fraction of sp³-hybridized carbons (Fsp3) is 0.959. The van der Waals surface area contributed by atoms with Gasteiger partial charge >= 0.3 is 11.9 Å². The number of aliphatic carboxylic acids is 1. The van der Waals surface area contributed by atoms with Crippen LogP contribution in [0.15, 0.2) is 0 Å². The van der Waals surface area contributed by atoms with Gasteiger partial charge < -0.3 is 25.2 Å². The summed E-state index contributed by atoms with van der Waals surface area (Å²) in [6.45, 7) is 17.1. The molecule has 56 heavy (non-hydrogen) atoms. The molecule has 20 atom stereocenters. The van der Waals surface area contributed by atoms with Gasteiger partial charge in [0.05, 0.1) is 18.3 Å². The maximum atomic E-state index is 13.6. The van der Waals surface area contributed by atoms with Crippen LogP contribution in [-0.2, 0) is 14.3 Å². The quantitative estimate of drug-likeness (QED) is 0.172. The van der Waals surface area contributed by atoms with E-state index in [4.69, 9.17) is 4.74 Å². The molecule has 0 radical (unpaired) electrons. The van der Waals surface area contributed by atoms with Gasteiger partial charge in [-0.3, -0.25) is 9.59 Å². The molecule has 8 aliphatic rings. The summed E-state index contributed by atoms with van der Waals surface area (Å²) in [7, 11) is 0. The smallest absolute Gasteiger partial charge is 0.306 e. The first-order valence-electron chi connectivity index (χ1n) is 23.8. The highest BCUT2D eigenvalue weighted by Crippen LogP contribution is 2.73. The molecule has 0 aliphatic heterocycles. The summed E-state index contributed by atoms with van der Waals surface area (Å²) in [6.07, 6.45) is 18.2. The van der Waals surface area contributed by atoms with E-state index < -0.39 is 5.97 Å². The molecule has 0 bridgehead atoms. The zero-order valence-electron chi connectivity index (χ0n) is 36.3. The van der Waals surface area contributed by atoms with Crippen molar-refractivity contribution >= 4 is 11.9 Å². The second kappa shape index (κ2) is 14.8. The molecule has 0 saturated heterocycles. The number of ether oxygens (including phenoxy) is 1. The molecule has 8 saturated carbocycles. The van der Waals surface area contributed by atoms with Gasteiger partial charge in [-0.25, -0.2) is 0 Å². The summed E-state index contributed by atoms with van der Waals surface area (Å²) in [5, 5.41) is 43.5. The van der Waals surface area contributed by atoms with E-state index in [0.29, 0.717) is 71.5 Å². The van der Waals surface area contributed by atoms with Crippen molar-refractivity contribution in [1.82, 2.24) is 0 Å². The predicted molar refractivity (Wildman–Crippen MR) is 218 cm³/mol. The molecule has 0 aromatic heterocycles. The zero-order valence-corrected chi connectivity index (χ0v) is 36.3. The van der Waals surface area contributed by atoms with Crippen molar-refractivity contribution in [3.05, 3.63) is 0 Å². The van der Waals surface area contributed by atoms with E-state index in [1.807, 2.05) is 0 Å².